The van der Waals surface area contributed by atoms with E-state index in [4.69, 9.17) is 0 Å². The van der Waals surface area contributed by atoms with Crippen LogP contribution in [0.4, 0.5) is 11.4 Å². The Bertz CT molecular complexity index is 1770. The number of carbonyl (C=O) groups excluding carboxylic acids is 2. The topological polar surface area (TPSA) is 58.2 Å². The zero-order chi connectivity index (χ0) is 30.8. The Hall–Kier alpha value is -4.60. The molecule has 7 rings (SSSR count). The van der Waals surface area contributed by atoms with E-state index in [2.05, 4.69) is 47.0 Å². The Kier molecular flexibility index (Phi) is 11.5. The molecule has 0 bridgehead atoms. The first-order valence-corrected chi connectivity index (χ1v) is 15.9. The van der Waals surface area contributed by atoms with Crippen LogP contribution < -0.4 is 10.6 Å². The second kappa shape index (κ2) is 16.1. The van der Waals surface area contributed by atoms with Gasteiger partial charge in [-0.15, -0.1) is 0 Å². The molecule has 1 fully saturated rings. The van der Waals surface area contributed by atoms with Crippen molar-refractivity contribution in [3.05, 3.63) is 145 Å². The fourth-order valence-electron chi connectivity index (χ4n) is 6.07. The quantitative estimate of drug-likeness (QED) is 0.128. The van der Waals surface area contributed by atoms with Crippen LogP contribution in [0, 0.1) is 0 Å². The summed E-state index contributed by atoms with van der Waals surface area (Å²) in [6, 6.07) is 24.8. The van der Waals surface area contributed by atoms with Crippen molar-refractivity contribution in [3.63, 3.8) is 0 Å². The molecule has 0 amide bonds. The molecule has 3 aliphatic carbocycles. The van der Waals surface area contributed by atoms with Crippen LogP contribution in [-0.2, 0) is 29.1 Å². The summed E-state index contributed by atoms with van der Waals surface area (Å²) in [5.74, 6) is -0.0820. The Balaban J connectivity index is 0.000000463. The molecular weight excluding hydrogens is 618 g/mol. The molecule has 0 heterocycles. The molecule has 1 saturated carbocycles. The Labute approximate surface area is 284 Å². The molecule has 226 valence electrons. The van der Waals surface area contributed by atoms with E-state index in [1.807, 2.05) is 48.6 Å². The van der Waals surface area contributed by atoms with Crippen molar-refractivity contribution < 1.29 is 29.1 Å². The van der Waals surface area contributed by atoms with Gasteiger partial charge in [-0.05, 0) is 58.0 Å². The maximum Gasteiger partial charge on any atom is 0.187 e. The number of benzene rings is 4. The zero-order valence-electron chi connectivity index (χ0n) is 26.2. The van der Waals surface area contributed by atoms with Crippen molar-refractivity contribution in [1.82, 2.24) is 0 Å². The molecule has 2 N–H and O–H groups in total. The average molecular weight is 656 g/mol. The van der Waals surface area contributed by atoms with E-state index in [1.54, 1.807) is 48.9 Å². The number of nitrogens with one attached hydrogen (secondary N) is 2. The zero-order valence-corrected chi connectivity index (χ0v) is 29.1. The van der Waals surface area contributed by atoms with E-state index >= 15 is 0 Å². The largest absolute Gasteiger partial charge is 0.360 e. The Morgan fingerprint density at radius 1 is 0.457 bits per heavy atom. The van der Waals surface area contributed by atoms with Crippen molar-refractivity contribution in [3.8, 4) is 11.1 Å². The van der Waals surface area contributed by atoms with E-state index in [1.165, 1.54) is 44.9 Å². The molecule has 0 atom stereocenters. The van der Waals surface area contributed by atoms with Crippen molar-refractivity contribution in [2.75, 3.05) is 10.6 Å². The number of anilines is 2. The van der Waals surface area contributed by atoms with Crippen LogP contribution in [-0.4, -0.2) is 11.6 Å². The van der Waals surface area contributed by atoms with E-state index in [0.29, 0.717) is 11.1 Å². The first-order chi connectivity index (χ1) is 22.2. The molecule has 0 radical (unpaired) electrons. The number of fused-ring (bicyclic) bond motifs is 2. The second-order valence-electron chi connectivity index (χ2n) is 11.5. The van der Waals surface area contributed by atoms with Gasteiger partial charge >= 0.3 is 0 Å². The molecule has 4 nitrogen and oxygen atoms in total. The number of carbonyl (C=O) groups is 2. The van der Waals surface area contributed by atoms with Crippen molar-refractivity contribution in [1.29, 1.82) is 0 Å². The van der Waals surface area contributed by atoms with Gasteiger partial charge in [0.05, 0.1) is 0 Å². The summed E-state index contributed by atoms with van der Waals surface area (Å²) in [5, 5.41) is 11.2. The molecule has 0 spiro atoms. The number of allylic oxidation sites excluding steroid dienone is 10. The van der Waals surface area contributed by atoms with Gasteiger partial charge in [-0.1, -0.05) is 130 Å². The van der Waals surface area contributed by atoms with Gasteiger partial charge in [0.1, 0.15) is 0 Å². The fourth-order valence-corrected chi connectivity index (χ4v) is 6.07. The third-order valence-electron chi connectivity index (χ3n) is 8.46. The molecule has 5 heteroatoms. The third-order valence-corrected chi connectivity index (χ3v) is 8.46. The summed E-state index contributed by atoms with van der Waals surface area (Å²) in [5.41, 5.74) is 4.93. The number of hydrogen-bond donors (Lipinski definition) is 2. The van der Waals surface area contributed by atoms with E-state index in [0.717, 1.165) is 44.0 Å². The molecule has 4 aromatic carbocycles. The number of ketones is 2. The molecular formula is C41H38N2O2Zn. The molecule has 4 aromatic rings. The van der Waals surface area contributed by atoms with Crippen molar-refractivity contribution >= 4 is 44.5 Å². The van der Waals surface area contributed by atoms with Crippen LogP contribution in [0.1, 0.15) is 44.9 Å². The smallest absolute Gasteiger partial charge is 0.187 e. The van der Waals surface area contributed by atoms with Gasteiger partial charge in [0, 0.05) is 65.5 Å². The predicted octanol–water partition coefficient (Wildman–Crippen LogP) is 10.4. The van der Waals surface area contributed by atoms with Crippen LogP contribution in [0.25, 0.3) is 32.7 Å². The van der Waals surface area contributed by atoms with E-state index in [-0.39, 0.29) is 31.0 Å². The van der Waals surface area contributed by atoms with Gasteiger partial charge in [0.25, 0.3) is 0 Å². The van der Waals surface area contributed by atoms with Crippen LogP contribution in [0.15, 0.2) is 145 Å². The summed E-state index contributed by atoms with van der Waals surface area (Å²) in [6.07, 6.45) is 27.9. The third kappa shape index (κ3) is 7.78. The summed E-state index contributed by atoms with van der Waals surface area (Å²) >= 11 is 0. The molecule has 0 aliphatic heterocycles. The molecule has 0 saturated heterocycles. The van der Waals surface area contributed by atoms with Gasteiger partial charge in [-0.3, -0.25) is 9.59 Å². The molecule has 46 heavy (non-hydrogen) atoms. The molecule has 0 unspecified atom stereocenters. The minimum absolute atomic E-state index is 0. The predicted molar refractivity (Wildman–Crippen MR) is 189 cm³/mol. The minimum Gasteiger partial charge on any atom is -0.360 e. The fraction of sp³-hybridized carbons (Fsp3) is 0.171. The number of hydrogen-bond acceptors (Lipinski definition) is 4. The van der Waals surface area contributed by atoms with E-state index < -0.39 is 0 Å². The summed E-state index contributed by atoms with van der Waals surface area (Å²) in [4.78, 5) is 24.7. The molecule has 3 aliphatic rings. The van der Waals surface area contributed by atoms with Crippen LogP contribution in [0.5, 0.6) is 0 Å². The van der Waals surface area contributed by atoms with Crippen molar-refractivity contribution in [2.24, 2.45) is 0 Å². The first-order valence-electron chi connectivity index (χ1n) is 15.9. The Morgan fingerprint density at radius 3 is 1.22 bits per heavy atom. The second-order valence-corrected chi connectivity index (χ2v) is 11.5. The van der Waals surface area contributed by atoms with Crippen molar-refractivity contribution in [2.45, 2.75) is 44.9 Å². The Morgan fingerprint density at radius 2 is 0.826 bits per heavy atom. The average Bonchev–Trinajstić information content (AvgIpc) is 3.41. The van der Waals surface area contributed by atoms with Crippen LogP contribution in [0.2, 0.25) is 0 Å². The van der Waals surface area contributed by atoms with Gasteiger partial charge in [0.2, 0.25) is 0 Å². The summed E-state index contributed by atoms with van der Waals surface area (Å²) < 4.78 is 0. The minimum atomic E-state index is -0.0410. The first kappa shape index (κ1) is 32.8. The van der Waals surface area contributed by atoms with Gasteiger partial charge < -0.3 is 10.6 Å². The normalized spacial score (nSPS) is 17.5. The monoisotopic (exact) mass is 654 g/mol. The number of rotatable bonds is 5. The van der Waals surface area contributed by atoms with E-state index in [9.17, 15) is 9.59 Å². The maximum absolute atomic E-state index is 12.4. The SMILES string of the molecule is C1CCCCCC1.O=C1C=CC=C/C1=C/Nc1ccc2ccccc2c1-c1c(N/C=C2/C=CC=CC2=O)ccc2ccccc12.[Zn]. The standard InChI is InChI=1S/C34H24N2O2.C7H14.Zn/c37-31-15-7-3-11-25(31)21-35-29-19-17-23-9-1-5-13-27(23)33(29)34-28-14-6-2-10-24(28)18-20-30(34)36-22-26-12-4-8-16-32(26)38;1-2-4-6-7-5-3-1;/h1-22,35-36H;1-7H2;/b25-21-,26-22-;;. The van der Waals surface area contributed by atoms with Crippen LogP contribution in [0.3, 0.4) is 0 Å². The van der Waals surface area contributed by atoms with Crippen LogP contribution >= 0.6 is 0 Å². The maximum atomic E-state index is 12.4. The molecule has 0 aromatic heterocycles. The van der Waals surface area contributed by atoms with Gasteiger partial charge in [-0.2, -0.15) is 0 Å². The summed E-state index contributed by atoms with van der Waals surface area (Å²) in [7, 11) is 0. The summed E-state index contributed by atoms with van der Waals surface area (Å²) in [6.45, 7) is 0. The van der Waals surface area contributed by atoms with Gasteiger partial charge in [0.15, 0.2) is 11.6 Å². The van der Waals surface area contributed by atoms with Gasteiger partial charge in [-0.25, -0.2) is 0 Å².